The molecule has 1 heterocycles. The van der Waals surface area contributed by atoms with Crippen molar-refractivity contribution in [3.63, 3.8) is 0 Å². The summed E-state index contributed by atoms with van der Waals surface area (Å²) in [5, 5.41) is 0. The lowest BCUT2D eigenvalue weighted by atomic mass is 9.94. The average Bonchev–Trinajstić information content (AvgIpc) is 2.90. The molecule has 0 saturated heterocycles. The maximum Gasteiger partial charge on any atom is 0.100 e. The number of rotatable bonds is 5. The number of nitrogens with zero attached hydrogens (tertiary/aromatic N) is 2. The molecule has 2 heteroatoms. The van der Waals surface area contributed by atoms with Crippen LogP contribution in [0, 0.1) is 11.8 Å². The van der Waals surface area contributed by atoms with Crippen LogP contribution in [0.1, 0.15) is 38.8 Å². The Morgan fingerprint density at radius 2 is 1.43 bits per heavy atom. The number of hydrogen-bond acceptors (Lipinski definition) is 1. The topological polar surface area (TPSA) is 17.8 Å². The highest BCUT2D eigenvalue weighted by atomic mass is 15.1. The highest BCUT2D eigenvalue weighted by Gasteiger charge is 2.15. The molecular formula is C21H26N2. The van der Waals surface area contributed by atoms with Crippen LogP contribution >= 0.6 is 0 Å². The fraction of sp³-hybridized carbons (Fsp3) is 0.381. The Hall–Kier alpha value is -2.09. The maximum atomic E-state index is 4.60. The number of hydrogen-bond donors (Lipinski definition) is 0. The van der Waals surface area contributed by atoms with Crippen LogP contribution in [-0.4, -0.2) is 9.55 Å². The quantitative estimate of drug-likeness (QED) is 0.615. The van der Waals surface area contributed by atoms with E-state index in [0.29, 0.717) is 11.8 Å². The van der Waals surface area contributed by atoms with Crippen LogP contribution in [0.25, 0.3) is 16.7 Å². The van der Waals surface area contributed by atoms with E-state index < -0.39 is 0 Å². The SMILES string of the molecule is CC(C)Cc1cccc(CC(C)C)c1-n1cnc2ccccc21. The highest BCUT2D eigenvalue weighted by molar-refractivity contribution is 5.78. The second-order valence-corrected chi connectivity index (χ2v) is 7.22. The van der Waals surface area contributed by atoms with E-state index in [1.807, 2.05) is 6.33 Å². The minimum atomic E-state index is 0.637. The van der Waals surface area contributed by atoms with Crippen LogP contribution < -0.4 is 0 Å². The zero-order chi connectivity index (χ0) is 16.4. The molecule has 0 unspecified atom stereocenters. The van der Waals surface area contributed by atoms with Crippen molar-refractivity contribution < 1.29 is 0 Å². The molecule has 3 aromatic rings. The summed E-state index contributed by atoms with van der Waals surface area (Å²) in [5.41, 5.74) is 6.42. The Morgan fingerprint density at radius 3 is 2.04 bits per heavy atom. The summed E-state index contributed by atoms with van der Waals surface area (Å²) < 4.78 is 2.28. The minimum Gasteiger partial charge on any atom is -0.298 e. The number of para-hydroxylation sites is 3. The van der Waals surface area contributed by atoms with Gasteiger partial charge in [-0.3, -0.25) is 4.57 Å². The van der Waals surface area contributed by atoms with Crippen LogP contribution in [0.15, 0.2) is 48.8 Å². The molecule has 0 radical (unpaired) electrons. The van der Waals surface area contributed by atoms with Crippen molar-refractivity contribution >= 4 is 11.0 Å². The van der Waals surface area contributed by atoms with Crippen molar-refractivity contribution in [2.75, 3.05) is 0 Å². The van der Waals surface area contributed by atoms with Gasteiger partial charge in [-0.2, -0.15) is 0 Å². The molecule has 0 aliphatic heterocycles. The first kappa shape index (κ1) is 15.8. The van der Waals surface area contributed by atoms with Crippen LogP contribution in [0.2, 0.25) is 0 Å². The van der Waals surface area contributed by atoms with E-state index in [4.69, 9.17) is 0 Å². The van der Waals surface area contributed by atoms with Crippen molar-refractivity contribution in [3.05, 3.63) is 59.9 Å². The Labute approximate surface area is 139 Å². The van der Waals surface area contributed by atoms with Gasteiger partial charge in [-0.05, 0) is 47.9 Å². The van der Waals surface area contributed by atoms with Gasteiger partial charge in [0.25, 0.3) is 0 Å². The molecule has 0 saturated carbocycles. The van der Waals surface area contributed by atoms with Crippen molar-refractivity contribution in [1.29, 1.82) is 0 Å². The number of fused-ring (bicyclic) bond motifs is 1. The van der Waals surface area contributed by atoms with E-state index in [0.717, 1.165) is 18.4 Å². The molecule has 1 aromatic heterocycles. The molecule has 0 aliphatic carbocycles. The summed E-state index contributed by atoms with van der Waals surface area (Å²) in [4.78, 5) is 4.60. The van der Waals surface area contributed by atoms with Crippen molar-refractivity contribution in [1.82, 2.24) is 9.55 Å². The Balaban J connectivity index is 2.22. The molecule has 0 fully saturated rings. The highest BCUT2D eigenvalue weighted by Crippen LogP contribution is 2.28. The first-order chi connectivity index (χ1) is 11.1. The van der Waals surface area contributed by atoms with Gasteiger partial charge in [0.2, 0.25) is 0 Å². The van der Waals surface area contributed by atoms with Gasteiger partial charge in [-0.1, -0.05) is 58.0 Å². The molecule has 0 bridgehead atoms. The maximum absolute atomic E-state index is 4.60. The summed E-state index contributed by atoms with van der Waals surface area (Å²) in [5.74, 6) is 1.27. The largest absolute Gasteiger partial charge is 0.298 e. The molecule has 0 N–H and O–H groups in total. The fourth-order valence-corrected chi connectivity index (χ4v) is 3.30. The third kappa shape index (κ3) is 3.31. The Kier molecular flexibility index (Phi) is 4.51. The lowest BCUT2D eigenvalue weighted by molar-refractivity contribution is 0.632. The van der Waals surface area contributed by atoms with E-state index in [1.165, 1.54) is 22.3 Å². The minimum absolute atomic E-state index is 0.637. The van der Waals surface area contributed by atoms with E-state index in [-0.39, 0.29) is 0 Å². The summed E-state index contributed by atoms with van der Waals surface area (Å²) >= 11 is 0. The molecule has 2 aromatic carbocycles. The van der Waals surface area contributed by atoms with Crippen molar-refractivity contribution in [2.24, 2.45) is 11.8 Å². The van der Waals surface area contributed by atoms with E-state index >= 15 is 0 Å². The van der Waals surface area contributed by atoms with Gasteiger partial charge in [0, 0.05) is 0 Å². The van der Waals surface area contributed by atoms with Crippen molar-refractivity contribution in [2.45, 2.75) is 40.5 Å². The van der Waals surface area contributed by atoms with Crippen LogP contribution in [0.3, 0.4) is 0 Å². The summed E-state index contributed by atoms with van der Waals surface area (Å²) in [7, 11) is 0. The second kappa shape index (κ2) is 6.57. The zero-order valence-corrected chi connectivity index (χ0v) is 14.6. The lowest BCUT2D eigenvalue weighted by Gasteiger charge is -2.19. The predicted octanol–water partition coefficient (Wildman–Crippen LogP) is 5.42. The monoisotopic (exact) mass is 306 g/mol. The Morgan fingerprint density at radius 1 is 0.826 bits per heavy atom. The summed E-state index contributed by atoms with van der Waals surface area (Å²) in [6.07, 6.45) is 4.16. The first-order valence-electron chi connectivity index (χ1n) is 8.59. The third-order valence-corrected chi connectivity index (χ3v) is 4.15. The van der Waals surface area contributed by atoms with Gasteiger partial charge < -0.3 is 0 Å². The first-order valence-corrected chi connectivity index (χ1v) is 8.59. The number of imidazole rings is 1. The Bertz CT molecular complexity index is 768. The van der Waals surface area contributed by atoms with E-state index in [9.17, 15) is 0 Å². The normalized spacial score (nSPS) is 11.7. The van der Waals surface area contributed by atoms with Crippen LogP contribution in [0.5, 0.6) is 0 Å². The lowest BCUT2D eigenvalue weighted by Crippen LogP contribution is -2.08. The fourth-order valence-electron chi connectivity index (χ4n) is 3.30. The molecule has 0 atom stereocenters. The molecule has 0 spiro atoms. The number of aromatic nitrogens is 2. The predicted molar refractivity (Wildman–Crippen MR) is 98.2 cm³/mol. The second-order valence-electron chi connectivity index (χ2n) is 7.22. The van der Waals surface area contributed by atoms with Crippen LogP contribution in [-0.2, 0) is 12.8 Å². The molecule has 120 valence electrons. The summed E-state index contributed by atoms with van der Waals surface area (Å²) in [6, 6.07) is 15.1. The van der Waals surface area contributed by atoms with Gasteiger partial charge in [-0.15, -0.1) is 0 Å². The van der Waals surface area contributed by atoms with Gasteiger partial charge >= 0.3 is 0 Å². The number of benzene rings is 2. The van der Waals surface area contributed by atoms with Crippen LogP contribution in [0.4, 0.5) is 0 Å². The smallest absolute Gasteiger partial charge is 0.100 e. The third-order valence-electron chi connectivity index (χ3n) is 4.15. The van der Waals surface area contributed by atoms with E-state index in [2.05, 4.69) is 79.7 Å². The molecule has 0 aliphatic rings. The van der Waals surface area contributed by atoms with Gasteiger partial charge in [-0.25, -0.2) is 4.98 Å². The van der Waals surface area contributed by atoms with Gasteiger partial charge in [0.05, 0.1) is 16.7 Å². The standard InChI is InChI=1S/C21H26N2/c1-15(2)12-17-8-7-9-18(13-16(3)4)21(17)23-14-22-19-10-5-6-11-20(19)23/h5-11,14-16H,12-13H2,1-4H3. The van der Waals surface area contributed by atoms with Crippen molar-refractivity contribution in [3.8, 4) is 5.69 Å². The zero-order valence-electron chi connectivity index (χ0n) is 14.6. The van der Waals surface area contributed by atoms with Gasteiger partial charge in [0.15, 0.2) is 0 Å². The molecule has 23 heavy (non-hydrogen) atoms. The van der Waals surface area contributed by atoms with Gasteiger partial charge in [0.1, 0.15) is 6.33 Å². The molecule has 2 nitrogen and oxygen atoms in total. The summed E-state index contributed by atoms with van der Waals surface area (Å²) in [6.45, 7) is 9.13. The molecular weight excluding hydrogens is 280 g/mol. The average molecular weight is 306 g/mol. The molecule has 3 rings (SSSR count). The van der Waals surface area contributed by atoms with E-state index in [1.54, 1.807) is 0 Å². The molecule has 0 amide bonds.